The van der Waals surface area contributed by atoms with Crippen molar-refractivity contribution in [3.05, 3.63) is 35.7 Å². The Morgan fingerprint density at radius 3 is 2.64 bits per heavy atom. The lowest BCUT2D eigenvalue weighted by molar-refractivity contribution is -0.138. The molecule has 0 bridgehead atoms. The van der Waals surface area contributed by atoms with Gasteiger partial charge in [-0.25, -0.2) is 0 Å². The van der Waals surface area contributed by atoms with Crippen LogP contribution in [0.2, 0.25) is 0 Å². The second-order valence-corrected chi connectivity index (χ2v) is 6.73. The third kappa shape index (κ3) is 4.87. The van der Waals surface area contributed by atoms with Crippen molar-refractivity contribution < 1.29 is 27.6 Å². The molecule has 0 amide bonds. The number of aliphatic carboxylic acids is 1. The number of hydrogen-bond donors (Lipinski definition) is 1. The number of piperazine rings is 1. The Balaban J connectivity index is 1.64. The van der Waals surface area contributed by atoms with E-state index in [1.54, 1.807) is 0 Å². The molecule has 1 N–H and O–H groups in total. The van der Waals surface area contributed by atoms with Gasteiger partial charge < -0.3 is 14.5 Å². The van der Waals surface area contributed by atoms with Crippen LogP contribution in [0.25, 0.3) is 11.4 Å². The maximum absolute atomic E-state index is 12.9. The SMILES string of the molecule is CC(c1nc(-c2cccc(C(F)(F)F)c2)no1)N1CCN(CCC(=O)O)CC1. The Morgan fingerprint density at radius 2 is 2.00 bits per heavy atom. The highest BCUT2D eigenvalue weighted by atomic mass is 19.4. The minimum absolute atomic E-state index is 0.111. The summed E-state index contributed by atoms with van der Waals surface area (Å²) in [5.41, 5.74) is -0.516. The van der Waals surface area contributed by atoms with Gasteiger partial charge in [-0.1, -0.05) is 17.3 Å². The summed E-state index contributed by atoms with van der Waals surface area (Å²) in [6.45, 7) is 5.29. The lowest BCUT2D eigenvalue weighted by Crippen LogP contribution is -2.47. The van der Waals surface area contributed by atoms with E-state index >= 15 is 0 Å². The van der Waals surface area contributed by atoms with Crippen LogP contribution >= 0.6 is 0 Å². The van der Waals surface area contributed by atoms with E-state index in [1.165, 1.54) is 12.1 Å². The zero-order valence-corrected chi connectivity index (χ0v) is 15.3. The molecule has 0 spiro atoms. The summed E-state index contributed by atoms with van der Waals surface area (Å²) in [6.07, 6.45) is -4.32. The van der Waals surface area contributed by atoms with Crippen molar-refractivity contribution in [2.75, 3.05) is 32.7 Å². The zero-order chi connectivity index (χ0) is 20.3. The van der Waals surface area contributed by atoms with Gasteiger partial charge in [0.2, 0.25) is 11.7 Å². The first-order chi connectivity index (χ1) is 13.2. The summed E-state index contributed by atoms with van der Waals surface area (Å²) >= 11 is 0. The molecule has 3 rings (SSSR count). The molecule has 1 saturated heterocycles. The minimum atomic E-state index is -4.43. The van der Waals surface area contributed by atoms with Crippen LogP contribution in [-0.2, 0) is 11.0 Å². The average molecular weight is 398 g/mol. The molecule has 1 aliphatic heterocycles. The van der Waals surface area contributed by atoms with Crippen molar-refractivity contribution in [2.24, 2.45) is 0 Å². The predicted octanol–water partition coefficient (Wildman–Crippen LogP) is 2.91. The van der Waals surface area contributed by atoms with Crippen molar-refractivity contribution in [2.45, 2.75) is 25.6 Å². The molecule has 1 aliphatic rings. The highest BCUT2D eigenvalue weighted by Gasteiger charge is 2.31. The Hall–Kier alpha value is -2.46. The third-order valence-electron chi connectivity index (χ3n) is 4.84. The van der Waals surface area contributed by atoms with Crippen LogP contribution in [0.4, 0.5) is 13.2 Å². The Kier molecular flexibility index (Phi) is 5.99. The first-order valence-corrected chi connectivity index (χ1v) is 8.93. The van der Waals surface area contributed by atoms with Crippen LogP contribution < -0.4 is 0 Å². The molecular formula is C18H21F3N4O3. The molecule has 2 aromatic rings. The second kappa shape index (κ2) is 8.27. The fourth-order valence-corrected chi connectivity index (χ4v) is 3.14. The molecule has 2 heterocycles. The van der Waals surface area contributed by atoms with Gasteiger partial charge >= 0.3 is 12.1 Å². The predicted molar refractivity (Wildman–Crippen MR) is 93.4 cm³/mol. The summed E-state index contributed by atoms with van der Waals surface area (Å²) in [4.78, 5) is 19.2. The molecule has 1 atom stereocenters. The van der Waals surface area contributed by atoms with Gasteiger partial charge in [0.1, 0.15) is 0 Å². The lowest BCUT2D eigenvalue weighted by Gasteiger charge is -2.36. The molecule has 152 valence electrons. The molecule has 1 unspecified atom stereocenters. The molecule has 1 aromatic heterocycles. The van der Waals surface area contributed by atoms with Gasteiger partial charge in [-0.2, -0.15) is 18.2 Å². The second-order valence-electron chi connectivity index (χ2n) is 6.73. The van der Waals surface area contributed by atoms with Gasteiger partial charge in [0, 0.05) is 38.3 Å². The minimum Gasteiger partial charge on any atom is -0.481 e. The normalized spacial score (nSPS) is 17.6. The summed E-state index contributed by atoms with van der Waals surface area (Å²) < 4.78 is 43.9. The van der Waals surface area contributed by atoms with E-state index < -0.39 is 17.7 Å². The quantitative estimate of drug-likeness (QED) is 0.801. The van der Waals surface area contributed by atoms with Crippen molar-refractivity contribution in [1.82, 2.24) is 19.9 Å². The fourth-order valence-electron chi connectivity index (χ4n) is 3.14. The van der Waals surface area contributed by atoms with Crippen LogP contribution in [0.3, 0.4) is 0 Å². The van der Waals surface area contributed by atoms with Crippen LogP contribution in [0.1, 0.15) is 30.8 Å². The van der Waals surface area contributed by atoms with Crippen molar-refractivity contribution in [3.8, 4) is 11.4 Å². The molecule has 0 aliphatic carbocycles. The number of halogens is 3. The molecule has 1 fully saturated rings. The first kappa shape index (κ1) is 20.3. The van der Waals surface area contributed by atoms with Crippen LogP contribution in [0, 0.1) is 0 Å². The molecule has 0 saturated carbocycles. The van der Waals surface area contributed by atoms with Crippen molar-refractivity contribution in [1.29, 1.82) is 0 Å². The van der Waals surface area contributed by atoms with E-state index in [0.717, 1.165) is 25.2 Å². The van der Waals surface area contributed by atoms with Gasteiger partial charge in [-0.3, -0.25) is 9.69 Å². The lowest BCUT2D eigenvalue weighted by atomic mass is 10.1. The van der Waals surface area contributed by atoms with Gasteiger partial charge in [0.25, 0.3) is 0 Å². The van der Waals surface area contributed by atoms with Gasteiger partial charge in [0.05, 0.1) is 18.0 Å². The third-order valence-corrected chi connectivity index (χ3v) is 4.84. The van der Waals surface area contributed by atoms with Gasteiger partial charge in [0.15, 0.2) is 0 Å². The number of carboxylic acid groups (broad SMARTS) is 1. The number of hydrogen-bond acceptors (Lipinski definition) is 6. The summed E-state index contributed by atoms with van der Waals surface area (Å²) in [5.74, 6) is -0.358. The van der Waals surface area contributed by atoms with Crippen LogP contribution in [0.15, 0.2) is 28.8 Å². The molecular weight excluding hydrogens is 377 g/mol. The smallest absolute Gasteiger partial charge is 0.416 e. The standard InChI is InChI=1S/C18H21F3N4O3/c1-12(25-9-7-24(8-10-25)6-5-15(26)27)17-22-16(23-28-17)13-3-2-4-14(11-13)18(19,20)21/h2-4,11-12H,5-10H2,1H3,(H,26,27). The molecule has 28 heavy (non-hydrogen) atoms. The van der Waals surface area contributed by atoms with E-state index in [-0.39, 0.29) is 23.9 Å². The molecule has 0 radical (unpaired) electrons. The average Bonchev–Trinajstić information content (AvgIpc) is 3.16. The van der Waals surface area contributed by atoms with E-state index in [4.69, 9.17) is 9.63 Å². The topological polar surface area (TPSA) is 82.7 Å². The number of rotatable bonds is 6. The monoisotopic (exact) mass is 398 g/mol. The van der Waals surface area contributed by atoms with Crippen molar-refractivity contribution in [3.63, 3.8) is 0 Å². The van der Waals surface area contributed by atoms with Crippen molar-refractivity contribution >= 4 is 5.97 Å². The number of nitrogens with zero attached hydrogens (tertiary/aromatic N) is 4. The maximum atomic E-state index is 12.9. The highest BCUT2D eigenvalue weighted by Crippen LogP contribution is 2.32. The highest BCUT2D eigenvalue weighted by molar-refractivity contribution is 5.66. The summed E-state index contributed by atoms with van der Waals surface area (Å²) in [5, 5.41) is 12.6. The number of benzene rings is 1. The zero-order valence-electron chi connectivity index (χ0n) is 15.3. The number of carboxylic acids is 1. The van der Waals surface area contributed by atoms with E-state index in [9.17, 15) is 18.0 Å². The Bertz CT molecular complexity index is 816. The van der Waals surface area contributed by atoms with E-state index in [1.807, 2.05) is 6.92 Å². The van der Waals surface area contributed by atoms with Gasteiger partial charge in [-0.05, 0) is 19.1 Å². The molecule has 1 aromatic carbocycles. The van der Waals surface area contributed by atoms with Crippen LogP contribution in [0.5, 0.6) is 0 Å². The Labute approximate surface area is 159 Å². The number of alkyl halides is 3. The largest absolute Gasteiger partial charge is 0.481 e. The van der Waals surface area contributed by atoms with E-state index in [2.05, 4.69) is 19.9 Å². The molecule has 7 nitrogen and oxygen atoms in total. The fraction of sp³-hybridized carbons (Fsp3) is 0.500. The number of carbonyl (C=O) groups is 1. The molecule has 10 heteroatoms. The maximum Gasteiger partial charge on any atom is 0.416 e. The van der Waals surface area contributed by atoms with E-state index in [0.29, 0.717) is 25.5 Å². The summed E-state index contributed by atoms with van der Waals surface area (Å²) in [7, 11) is 0. The van der Waals surface area contributed by atoms with Gasteiger partial charge in [-0.15, -0.1) is 0 Å². The van der Waals surface area contributed by atoms with Crippen LogP contribution in [-0.4, -0.2) is 63.7 Å². The Morgan fingerprint density at radius 1 is 1.29 bits per heavy atom. The first-order valence-electron chi connectivity index (χ1n) is 8.93. The number of aromatic nitrogens is 2. The summed E-state index contributed by atoms with van der Waals surface area (Å²) in [6, 6.07) is 4.63.